The van der Waals surface area contributed by atoms with Crippen molar-refractivity contribution in [2.75, 3.05) is 7.11 Å². The molecule has 0 aliphatic carbocycles. The number of nitrogens with one attached hydrogen (secondary N) is 1. The van der Waals surface area contributed by atoms with E-state index in [-0.39, 0.29) is 12.4 Å². The topological polar surface area (TPSA) is 47.1 Å². The summed E-state index contributed by atoms with van der Waals surface area (Å²) >= 11 is 3.26. The van der Waals surface area contributed by atoms with Crippen molar-refractivity contribution < 1.29 is 13.9 Å². The standard InChI is InChI=1S/C24H20BrFN2O2/c1-15-3-5-16(6-4-15)24-27-13-22(28-24)20-10-9-19(12-23(20)29-2)30-14-17-7-8-18(25)11-21(17)26/h3-13H,14H2,1-2H3,(H,27,28). The molecule has 4 nitrogen and oxygen atoms in total. The lowest BCUT2D eigenvalue weighted by atomic mass is 10.1. The summed E-state index contributed by atoms with van der Waals surface area (Å²) in [5, 5.41) is 0. The number of aromatic nitrogens is 2. The Balaban J connectivity index is 1.54. The van der Waals surface area contributed by atoms with Crippen LogP contribution in [-0.4, -0.2) is 17.1 Å². The van der Waals surface area contributed by atoms with Crippen LogP contribution in [0.4, 0.5) is 4.39 Å². The first-order valence-electron chi connectivity index (χ1n) is 9.41. The second-order valence-electron chi connectivity index (χ2n) is 6.89. The van der Waals surface area contributed by atoms with Gasteiger partial charge < -0.3 is 14.5 Å². The van der Waals surface area contributed by atoms with Crippen molar-refractivity contribution in [2.24, 2.45) is 0 Å². The molecule has 152 valence electrons. The quantitative estimate of drug-likeness (QED) is 0.350. The SMILES string of the molecule is COc1cc(OCc2ccc(Br)cc2F)ccc1-c1c[nH]c(-c2ccc(C)cc2)n1. The third kappa shape index (κ3) is 4.39. The van der Waals surface area contributed by atoms with Crippen LogP contribution < -0.4 is 9.47 Å². The summed E-state index contributed by atoms with van der Waals surface area (Å²) in [4.78, 5) is 7.92. The molecule has 0 amide bonds. The number of imidazole rings is 1. The summed E-state index contributed by atoms with van der Waals surface area (Å²) < 4.78 is 26.0. The molecule has 0 aliphatic heterocycles. The summed E-state index contributed by atoms with van der Waals surface area (Å²) in [6, 6.07) is 18.6. The van der Waals surface area contributed by atoms with E-state index >= 15 is 0 Å². The molecule has 1 aromatic heterocycles. The average molecular weight is 467 g/mol. The molecule has 0 bridgehead atoms. The van der Waals surface area contributed by atoms with Crippen molar-refractivity contribution >= 4 is 15.9 Å². The maximum atomic E-state index is 14.0. The van der Waals surface area contributed by atoms with Crippen LogP contribution in [0.5, 0.6) is 11.5 Å². The number of ether oxygens (including phenoxy) is 2. The van der Waals surface area contributed by atoms with E-state index in [2.05, 4.69) is 40.0 Å². The van der Waals surface area contributed by atoms with E-state index in [1.165, 1.54) is 11.6 Å². The van der Waals surface area contributed by atoms with Crippen LogP contribution in [0.3, 0.4) is 0 Å². The number of nitrogens with zero attached hydrogens (tertiary/aromatic N) is 1. The summed E-state index contributed by atoms with van der Waals surface area (Å²) in [6.45, 7) is 2.18. The molecular weight excluding hydrogens is 447 g/mol. The number of benzene rings is 3. The molecule has 0 saturated carbocycles. The van der Waals surface area contributed by atoms with E-state index in [0.29, 0.717) is 21.5 Å². The van der Waals surface area contributed by atoms with E-state index in [4.69, 9.17) is 14.5 Å². The van der Waals surface area contributed by atoms with Crippen LogP contribution in [0.1, 0.15) is 11.1 Å². The van der Waals surface area contributed by atoms with Crippen LogP contribution in [0.15, 0.2) is 71.3 Å². The normalized spacial score (nSPS) is 10.8. The van der Waals surface area contributed by atoms with Crippen LogP contribution >= 0.6 is 15.9 Å². The monoisotopic (exact) mass is 466 g/mol. The van der Waals surface area contributed by atoms with Gasteiger partial charge in [0.15, 0.2) is 0 Å². The molecule has 30 heavy (non-hydrogen) atoms. The van der Waals surface area contributed by atoms with Crippen LogP contribution in [0.25, 0.3) is 22.6 Å². The van der Waals surface area contributed by atoms with Gasteiger partial charge in [0.05, 0.1) is 12.8 Å². The summed E-state index contributed by atoms with van der Waals surface area (Å²) in [5.41, 5.74) is 4.31. The highest BCUT2D eigenvalue weighted by atomic mass is 79.9. The molecule has 0 atom stereocenters. The van der Waals surface area contributed by atoms with Gasteiger partial charge in [-0.05, 0) is 31.2 Å². The largest absolute Gasteiger partial charge is 0.496 e. The smallest absolute Gasteiger partial charge is 0.138 e. The Morgan fingerprint density at radius 3 is 2.57 bits per heavy atom. The number of rotatable bonds is 6. The molecule has 6 heteroatoms. The van der Waals surface area contributed by atoms with Gasteiger partial charge in [0.2, 0.25) is 0 Å². The average Bonchev–Trinajstić information content (AvgIpc) is 3.23. The number of H-pyrrole nitrogens is 1. The molecular formula is C24H20BrFN2O2. The number of methoxy groups -OCH3 is 1. The van der Waals surface area contributed by atoms with E-state index in [9.17, 15) is 4.39 Å². The minimum absolute atomic E-state index is 0.127. The van der Waals surface area contributed by atoms with Crippen molar-refractivity contribution in [3.63, 3.8) is 0 Å². The van der Waals surface area contributed by atoms with E-state index in [0.717, 1.165) is 22.6 Å². The van der Waals surface area contributed by atoms with Gasteiger partial charge in [-0.25, -0.2) is 9.37 Å². The Hall–Kier alpha value is -3.12. The first-order chi connectivity index (χ1) is 14.5. The van der Waals surface area contributed by atoms with Crippen molar-refractivity contribution in [3.8, 4) is 34.1 Å². The van der Waals surface area contributed by atoms with E-state index < -0.39 is 0 Å². The molecule has 0 fully saturated rings. The van der Waals surface area contributed by atoms with Gasteiger partial charge >= 0.3 is 0 Å². The first kappa shape index (κ1) is 20.2. The Morgan fingerprint density at radius 2 is 1.83 bits per heavy atom. The number of halogens is 2. The van der Waals surface area contributed by atoms with Crippen molar-refractivity contribution in [2.45, 2.75) is 13.5 Å². The Morgan fingerprint density at radius 1 is 1.03 bits per heavy atom. The minimum Gasteiger partial charge on any atom is -0.496 e. The van der Waals surface area contributed by atoms with Crippen LogP contribution in [-0.2, 0) is 6.61 Å². The van der Waals surface area contributed by atoms with Crippen LogP contribution in [0, 0.1) is 12.7 Å². The van der Waals surface area contributed by atoms with Crippen molar-refractivity contribution in [3.05, 3.63) is 88.3 Å². The third-order valence-corrected chi connectivity index (χ3v) is 5.25. The predicted octanol–water partition coefficient (Wildman–Crippen LogP) is 6.54. The second kappa shape index (κ2) is 8.71. The zero-order valence-electron chi connectivity index (χ0n) is 16.6. The summed E-state index contributed by atoms with van der Waals surface area (Å²) in [7, 11) is 1.60. The highest BCUT2D eigenvalue weighted by molar-refractivity contribution is 9.10. The Bertz CT molecular complexity index is 1170. The van der Waals surface area contributed by atoms with E-state index in [1.54, 1.807) is 25.3 Å². The minimum atomic E-state index is -0.312. The molecule has 4 rings (SSSR count). The molecule has 4 aromatic rings. The molecule has 0 saturated heterocycles. The van der Waals surface area contributed by atoms with Crippen molar-refractivity contribution in [1.82, 2.24) is 9.97 Å². The van der Waals surface area contributed by atoms with Crippen molar-refractivity contribution in [1.29, 1.82) is 0 Å². The molecule has 1 heterocycles. The van der Waals surface area contributed by atoms with Gasteiger partial charge in [0.1, 0.15) is 29.7 Å². The lowest BCUT2D eigenvalue weighted by Crippen LogP contribution is -1.99. The third-order valence-electron chi connectivity index (χ3n) is 4.76. The van der Waals surface area contributed by atoms with Gasteiger partial charge in [0.25, 0.3) is 0 Å². The fraction of sp³-hybridized carbons (Fsp3) is 0.125. The van der Waals surface area contributed by atoms with Gasteiger partial charge in [-0.2, -0.15) is 0 Å². The zero-order chi connectivity index (χ0) is 21.1. The predicted molar refractivity (Wildman–Crippen MR) is 119 cm³/mol. The molecule has 0 unspecified atom stereocenters. The van der Waals surface area contributed by atoms with Crippen LogP contribution in [0.2, 0.25) is 0 Å². The molecule has 1 N–H and O–H groups in total. The van der Waals surface area contributed by atoms with E-state index in [1.807, 2.05) is 30.5 Å². The van der Waals surface area contributed by atoms with Gasteiger partial charge in [-0.1, -0.05) is 51.8 Å². The maximum Gasteiger partial charge on any atom is 0.138 e. The molecule has 0 aliphatic rings. The first-order valence-corrected chi connectivity index (χ1v) is 10.2. The Kier molecular flexibility index (Phi) is 5.86. The number of hydrogen-bond acceptors (Lipinski definition) is 3. The molecule has 0 spiro atoms. The number of aryl methyl sites for hydroxylation is 1. The molecule has 0 radical (unpaired) electrons. The summed E-state index contributed by atoms with van der Waals surface area (Å²) in [6.07, 6.45) is 1.85. The lowest BCUT2D eigenvalue weighted by Gasteiger charge is -2.11. The van der Waals surface area contributed by atoms with Gasteiger partial charge in [0, 0.05) is 33.4 Å². The summed E-state index contributed by atoms with van der Waals surface area (Å²) in [5.74, 6) is 1.70. The number of aromatic amines is 1. The highest BCUT2D eigenvalue weighted by Gasteiger charge is 2.13. The fourth-order valence-electron chi connectivity index (χ4n) is 3.09. The fourth-order valence-corrected chi connectivity index (χ4v) is 3.42. The lowest BCUT2D eigenvalue weighted by molar-refractivity contribution is 0.297. The zero-order valence-corrected chi connectivity index (χ0v) is 18.2. The highest BCUT2D eigenvalue weighted by Crippen LogP contribution is 2.34. The van der Waals surface area contributed by atoms with Gasteiger partial charge in [-0.3, -0.25) is 0 Å². The number of hydrogen-bond donors (Lipinski definition) is 1. The Labute approximate surface area is 182 Å². The molecule has 3 aromatic carbocycles. The van der Waals surface area contributed by atoms with Gasteiger partial charge in [-0.15, -0.1) is 0 Å². The maximum absolute atomic E-state index is 14.0. The second-order valence-corrected chi connectivity index (χ2v) is 7.80.